The topological polar surface area (TPSA) is 66.5 Å². The first kappa shape index (κ1) is 22.7. The van der Waals surface area contributed by atoms with Crippen LogP contribution in [0.1, 0.15) is 0 Å². The Kier molecular flexibility index (Phi) is 7.16. The van der Waals surface area contributed by atoms with E-state index in [1.165, 1.54) is 42.5 Å². The van der Waals surface area contributed by atoms with Crippen molar-refractivity contribution in [2.24, 2.45) is 0 Å². The number of benzene rings is 3. The number of carbonyl (C=O) groups excluding carboxylic acids is 1. The minimum absolute atomic E-state index is 0.00313. The second-order valence-corrected chi connectivity index (χ2v) is 9.62. The Morgan fingerprint density at radius 2 is 1.50 bits per heavy atom. The molecule has 0 saturated heterocycles. The summed E-state index contributed by atoms with van der Waals surface area (Å²) in [6, 6.07) is 16.6. The number of anilines is 2. The third-order valence-electron chi connectivity index (χ3n) is 4.00. The molecule has 3 rings (SSSR count). The third-order valence-corrected chi connectivity index (χ3v) is 7.07. The summed E-state index contributed by atoms with van der Waals surface area (Å²) >= 11 is 24.1. The van der Waals surface area contributed by atoms with E-state index in [1.54, 1.807) is 24.3 Å². The molecule has 0 heterocycles. The lowest BCUT2D eigenvalue weighted by molar-refractivity contribution is -0.114. The first-order valence-corrected chi connectivity index (χ1v) is 11.4. The van der Waals surface area contributed by atoms with Crippen molar-refractivity contribution in [2.75, 3.05) is 16.2 Å². The molecule has 156 valence electrons. The third kappa shape index (κ3) is 5.20. The number of halogens is 4. The maximum atomic E-state index is 13.3. The van der Waals surface area contributed by atoms with Gasteiger partial charge in [-0.25, -0.2) is 8.42 Å². The Morgan fingerprint density at radius 3 is 2.17 bits per heavy atom. The normalized spacial score (nSPS) is 11.2. The molecule has 0 radical (unpaired) electrons. The molecule has 1 amide bonds. The highest BCUT2D eigenvalue weighted by Crippen LogP contribution is 2.33. The van der Waals surface area contributed by atoms with Crippen molar-refractivity contribution in [3.8, 4) is 0 Å². The first-order chi connectivity index (χ1) is 14.2. The van der Waals surface area contributed by atoms with Gasteiger partial charge in [-0.05, 0) is 48.5 Å². The standard InChI is InChI=1S/C20H14Cl4N2O3S/c21-13-6-8-17(23)19(10-13)26(30(28,29)15-4-2-1-3-5-15)12-20(27)25-14-7-9-16(22)18(24)11-14/h1-11H,12H2,(H,25,27). The van der Waals surface area contributed by atoms with Gasteiger partial charge in [-0.1, -0.05) is 64.6 Å². The van der Waals surface area contributed by atoms with Crippen LogP contribution in [-0.4, -0.2) is 20.9 Å². The molecular formula is C20H14Cl4N2O3S. The fourth-order valence-corrected chi connectivity index (χ4v) is 4.79. The summed E-state index contributed by atoms with van der Waals surface area (Å²) < 4.78 is 27.5. The molecule has 10 heteroatoms. The van der Waals surface area contributed by atoms with Gasteiger partial charge in [0.05, 0.1) is 25.7 Å². The molecule has 1 N–H and O–H groups in total. The van der Waals surface area contributed by atoms with Gasteiger partial charge in [0.25, 0.3) is 10.0 Å². The number of hydrogen-bond donors (Lipinski definition) is 1. The van der Waals surface area contributed by atoms with Gasteiger partial charge in [0.1, 0.15) is 6.54 Å². The summed E-state index contributed by atoms with van der Waals surface area (Å²) in [7, 11) is -4.11. The number of amides is 1. The van der Waals surface area contributed by atoms with E-state index in [1.807, 2.05) is 0 Å². The zero-order valence-corrected chi connectivity index (χ0v) is 19.0. The minimum Gasteiger partial charge on any atom is -0.324 e. The number of nitrogens with one attached hydrogen (secondary N) is 1. The van der Waals surface area contributed by atoms with Gasteiger partial charge in [0.15, 0.2) is 0 Å². The van der Waals surface area contributed by atoms with Gasteiger partial charge in [-0.15, -0.1) is 0 Å². The highest BCUT2D eigenvalue weighted by atomic mass is 35.5. The number of sulfonamides is 1. The number of hydrogen-bond acceptors (Lipinski definition) is 3. The molecule has 30 heavy (non-hydrogen) atoms. The van der Waals surface area contributed by atoms with Crippen LogP contribution in [0.2, 0.25) is 20.1 Å². The molecule has 0 unspecified atom stereocenters. The van der Waals surface area contributed by atoms with E-state index in [0.29, 0.717) is 10.7 Å². The van der Waals surface area contributed by atoms with E-state index in [2.05, 4.69) is 5.32 Å². The van der Waals surface area contributed by atoms with Gasteiger partial charge in [0, 0.05) is 10.7 Å². The molecule has 0 spiro atoms. The quantitative estimate of drug-likeness (QED) is 0.439. The van der Waals surface area contributed by atoms with Crippen LogP contribution in [-0.2, 0) is 14.8 Å². The molecule has 3 aromatic carbocycles. The number of carbonyl (C=O) groups is 1. The number of rotatable bonds is 6. The van der Waals surface area contributed by atoms with Crippen molar-refractivity contribution in [2.45, 2.75) is 4.90 Å². The van der Waals surface area contributed by atoms with E-state index in [-0.39, 0.29) is 25.7 Å². The monoisotopic (exact) mass is 502 g/mol. The fraction of sp³-hybridized carbons (Fsp3) is 0.0500. The van der Waals surface area contributed by atoms with Crippen LogP contribution in [0.5, 0.6) is 0 Å². The molecule has 5 nitrogen and oxygen atoms in total. The summed E-state index contributed by atoms with van der Waals surface area (Å²) in [4.78, 5) is 12.7. The Bertz CT molecular complexity index is 1190. The minimum atomic E-state index is -4.11. The predicted molar refractivity (Wildman–Crippen MR) is 123 cm³/mol. The lowest BCUT2D eigenvalue weighted by Crippen LogP contribution is -2.38. The lowest BCUT2D eigenvalue weighted by atomic mass is 10.3. The summed E-state index contributed by atoms with van der Waals surface area (Å²) in [6.45, 7) is -0.544. The average molecular weight is 504 g/mol. The smallest absolute Gasteiger partial charge is 0.264 e. The zero-order chi connectivity index (χ0) is 21.9. The zero-order valence-electron chi connectivity index (χ0n) is 15.2. The van der Waals surface area contributed by atoms with E-state index < -0.39 is 22.5 Å². The molecule has 0 fully saturated rings. The molecule has 0 aliphatic heterocycles. The molecule has 0 saturated carbocycles. The molecule has 3 aromatic rings. The van der Waals surface area contributed by atoms with Crippen molar-refractivity contribution in [3.05, 3.63) is 86.8 Å². The van der Waals surface area contributed by atoms with Gasteiger partial charge in [-0.3, -0.25) is 9.10 Å². The van der Waals surface area contributed by atoms with Crippen LogP contribution in [0.4, 0.5) is 11.4 Å². The molecule has 0 aromatic heterocycles. The van der Waals surface area contributed by atoms with Crippen LogP contribution in [0, 0.1) is 0 Å². The van der Waals surface area contributed by atoms with Crippen molar-refractivity contribution in [3.63, 3.8) is 0 Å². The van der Waals surface area contributed by atoms with Crippen molar-refractivity contribution < 1.29 is 13.2 Å². The van der Waals surface area contributed by atoms with E-state index in [0.717, 1.165) is 4.31 Å². The van der Waals surface area contributed by atoms with Crippen molar-refractivity contribution in [1.82, 2.24) is 0 Å². The summed E-state index contributed by atoms with van der Waals surface area (Å²) in [5.74, 6) is -0.607. The molecule has 0 aliphatic rings. The van der Waals surface area contributed by atoms with E-state index in [9.17, 15) is 13.2 Å². The fourth-order valence-electron chi connectivity index (χ4n) is 2.60. The van der Waals surface area contributed by atoms with Gasteiger partial charge in [0.2, 0.25) is 5.91 Å². The van der Waals surface area contributed by atoms with Gasteiger partial charge in [-0.2, -0.15) is 0 Å². The molecule has 0 bridgehead atoms. The first-order valence-electron chi connectivity index (χ1n) is 8.46. The SMILES string of the molecule is O=C(CN(c1cc(Cl)ccc1Cl)S(=O)(=O)c1ccccc1)Nc1ccc(Cl)c(Cl)c1. The Labute approximate surface area is 194 Å². The van der Waals surface area contributed by atoms with E-state index in [4.69, 9.17) is 46.4 Å². The van der Waals surface area contributed by atoms with Gasteiger partial charge >= 0.3 is 0 Å². The molecule has 0 aliphatic carbocycles. The van der Waals surface area contributed by atoms with E-state index >= 15 is 0 Å². The lowest BCUT2D eigenvalue weighted by Gasteiger charge is -2.25. The Morgan fingerprint density at radius 1 is 0.833 bits per heavy atom. The second kappa shape index (κ2) is 9.45. The highest BCUT2D eigenvalue weighted by Gasteiger charge is 2.29. The average Bonchev–Trinajstić information content (AvgIpc) is 2.71. The van der Waals surface area contributed by atoms with Crippen molar-refractivity contribution in [1.29, 1.82) is 0 Å². The van der Waals surface area contributed by atoms with Crippen LogP contribution < -0.4 is 9.62 Å². The maximum absolute atomic E-state index is 13.3. The van der Waals surface area contributed by atoms with Gasteiger partial charge < -0.3 is 5.32 Å². The van der Waals surface area contributed by atoms with Crippen LogP contribution in [0.25, 0.3) is 0 Å². The largest absolute Gasteiger partial charge is 0.324 e. The summed E-state index contributed by atoms with van der Waals surface area (Å²) in [6.07, 6.45) is 0. The second-order valence-electron chi connectivity index (χ2n) is 6.10. The maximum Gasteiger partial charge on any atom is 0.264 e. The van der Waals surface area contributed by atoms with Crippen molar-refractivity contribution >= 4 is 73.7 Å². The summed E-state index contributed by atoms with van der Waals surface area (Å²) in [5.41, 5.74) is 0.445. The predicted octanol–water partition coefficient (Wildman–Crippen LogP) is 6.13. The van der Waals surface area contributed by atoms with Crippen LogP contribution >= 0.6 is 46.4 Å². The Hall–Kier alpha value is -1.96. The molecule has 0 atom stereocenters. The van der Waals surface area contributed by atoms with Crippen LogP contribution in [0.15, 0.2) is 71.6 Å². The van der Waals surface area contributed by atoms with Crippen LogP contribution in [0.3, 0.4) is 0 Å². The summed E-state index contributed by atoms with van der Waals surface area (Å²) in [5, 5.41) is 3.58. The number of nitrogens with zero attached hydrogens (tertiary/aromatic N) is 1. The molecular weight excluding hydrogens is 490 g/mol. The highest BCUT2D eigenvalue weighted by molar-refractivity contribution is 7.92. The Balaban J connectivity index is 1.98.